The molecule has 4 nitrogen and oxygen atoms in total. The van der Waals surface area contributed by atoms with Crippen molar-refractivity contribution in [3.05, 3.63) is 0 Å². The topological polar surface area (TPSA) is 55.8 Å². The van der Waals surface area contributed by atoms with E-state index in [1.54, 1.807) is 20.8 Å². The smallest absolute Gasteiger partial charge is 0.448 e. The van der Waals surface area contributed by atoms with Gasteiger partial charge in [-0.2, -0.15) is 4.89 Å². The average Bonchev–Trinajstić information content (AvgIpc) is 1.59. The predicted molar refractivity (Wildman–Crippen MR) is 29.9 cm³/mol. The quantitative estimate of drug-likeness (QED) is 0.435. The van der Waals surface area contributed by atoms with Gasteiger partial charge < -0.3 is 5.11 Å². The molecule has 4 heteroatoms. The van der Waals surface area contributed by atoms with Crippen LogP contribution in [0, 0.1) is 0 Å². The maximum Gasteiger partial charge on any atom is 0.537 e. The number of hydrogen-bond donors (Lipinski definition) is 1. The first-order valence-corrected chi connectivity index (χ1v) is 2.50. The predicted octanol–water partition coefficient (Wildman–Crippen LogP) is 1.41. The Labute approximate surface area is 53.3 Å². The molecule has 0 amide bonds. The van der Waals surface area contributed by atoms with Crippen molar-refractivity contribution in [2.45, 2.75) is 26.4 Å². The zero-order valence-electron chi connectivity index (χ0n) is 5.67. The third-order valence-electron chi connectivity index (χ3n) is 0.363. The van der Waals surface area contributed by atoms with Crippen molar-refractivity contribution in [2.24, 2.45) is 0 Å². The lowest BCUT2D eigenvalue weighted by Crippen LogP contribution is -2.21. The Morgan fingerprint density at radius 3 is 2.00 bits per heavy atom. The van der Waals surface area contributed by atoms with Crippen molar-refractivity contribution in [1.29, 1.82) is 0 Å². The Balaban J connectivity index is 3.39. The third kappa shape index (κ3) is 7.23. The molecule has 0 saturated carbocycles. The Hall–Kier alpha value is -0.770. The fourth-order valence-electron chi connectivity index (χ4n) is 0.161. The molecule has 0 aliphatic carbocycles. The fraction of sp³-hybridized carbons (Fsp3) is 0.800. The van der Waals surface area contributed by atoms with Crippen molar-refractivity contribution in [1.82, 2.24) is 0 Å². The Bertz CT molecular complexity index is 102. The summed E-state index contributed by atoms with van der Waals surface area (Å²) < 4.78 is 0. The van der Waals surface area contributed by atoms with Crippen LogP contribution < -0.4 is 0 Å². The van der Waals surface area contributed by atoms with Crippen molar-refractivity contribution in [3.63, 3.8) is 0 Å². The van der Waals surface area contributed by atoms with Gasteiger partial charge in [0.2, 0.25) is 0 Å². The van der Waals surface area contributed by atoms with Crippen LogP contribution in [0.25, 0.3) is 0 Å². The van der Waals surface area contributed by atoms with Crippen LogP contribution in [-0.2, 0) is 9.78 Å². The second-order valence-electron chi connectivity index (χ2n) is 2.54. The standard InChI is InChI=1S/C5H10O4/c1-5(2,3)9-8-4(6)7/h1-3H3,(H,6,7). The summed E-state index contributed by atoms with van der Waals surface area (Å²) in [6.45, 7) is 5.07. The summed E-state index contributed by atoms with van der Waals surface area (Å²) >= 11 is 0. The van der Waals surface area contributed by atoms with Gasteiger partial charge in [-0.05, 0) is 20.8 Å². The minimum absolute atomic E-state index is 0.571. The van der Waals surface area contributed by atoms with Gasteiger partial charge in [-0.15, -0.1) is 0 Å². The van der Waals surface area contributed by atoms with Gasteiger partial charge in [0.25, 0.3) is 0 Å². The molecule has 0 unspecified atom stereocenters. The highest BCUT2D eigenvalue weighted by atomic mass is 17.2. The highest BCUT2D eigenvalue weighted by Gasteiger charge is 2.13. The van der Waals surface area contributed by atoms with Crippen molar-refractivity contribution >= 4 is 6.16 Å². The molecule has 0 radical (unpaired) electrons. The minimum atomic E-state index is -1.43. The van der Waals surface area contributed by atoms with Crippen LogP contribution in [-0.4, -0.2) is 16.9 Å². The molecule has 0 atom stereocenters. The lowest BCUT2D eigenvalue weighted by atomic mass is 10.2. The van der Waals surface area contributed by atoms with Gasteiger partial charge in [0, 0.05) is 0 Å². The zero-order chi connectivity index (χ0) is 7.49. The molecule has 0 spiro atoms. The summed E-state index contributed by atoms with van der Waals surface area (Å²) in [4.78, 5) is 17.9. The van der Waals surface area contributed by atoms with Gasteiger partial charge in [0.15, 0.2) is 0 Å². The maximum absolute atomic E-state index is 9.70. The first-order valence-electron chi connectivity index (χ1n) is 2.50. The molecule has 0 fully saturated rings. The normalized spacial score (nSPS) is 11.0. The van der Waals surface area contributed by atoms with E-state index in [1.807, 2.05) is 0 Å². The average molecular weight is 134 g/mol. The van der Waals surface area contributed by atoms with Crippen LogP contribution in [0.1, 0.15) is 20.8 Å². The van der Waals surface area contributed by atoms with Crippen molar-refractivity contribution in [3.8, 4) is 0 Å². The van der Waals surface area contributed by atoms with E-state index in [2.05, 4.69) is 9.78 Å². The summed E-state index contributed by atoms with van der Waals surface area (Å²) in [5.41, 5.74) is -0.571. The molecule has 0 aliphatic rings. The van der Waals surface area contributed by atoms with Gasteiger partial charge in [-0.3, -0.25) is 4.89 Å². The SMILES string of the molecule is CC(C)(C)OOC(=O)O. The second kappa shape index (κ2) is 2.68. The lowest BCUT2D eigenvalue weighted by Gasteiger charge is -2.14. The van der Waals surface area contributed by atoms with Crippen LogP contribution in [0.4, 0.5) is 4.79 Å². The molecule has 0 saturated heterocycles. The Kier molecular flexibility index (Phi) is 2.45. The summed E-state index contributed by atoms with van der Waals surface area (Å²) in [6.07, 6.45) is -1.43. The van der Waals surface area contributed by atoms with E-state index in [4.69, 9.17) is 5.11 Å². The monoisotopic (exact) mass is 134 g/mol. The lowest BCUT2D eigenvalue weighted by molar-refractivity contribution is -0.309. The van der Waals surface area contributed by atoms with E-state index >= 15 is 0 Å². The van der Waals surface area contributed by atoms with Gasteiger partial charge >= 0.3 is 6.16 Å². The van der Waals surface area contributed by atoms with Crippen LogP contribution in [0.2, 0.25) is 0 Å². The number of carboxylic acid groups (broad SMARTS) is 1. The van der Waals surface area contributed by atoms with E-state index in [0.29, 0.717) is 0 Å². The van der Waals surface area contributed by atoms with Gasteiger partial charge in [0.05, 0.1) is 0 Å². The highest BCUT2D eigenvalue weighted by Crippen LogP contribution is 2.06. The maximum atomic E-state index is 9.70. The zero-order valence-corrected chi connectivity index (χ0v) is 5.67. The van der Waals surface area contributed by atoms with E-state index in [9.17, 15) is 4.79 Å². The molecule has 0 aromatic heterocycles. The molecule has 0 aromatic carbocycles. The van der Waals surface area contributed by atoms with E-state index < -0.39 is 11.8 Å². The van der Waals surface area contributed by atoms with E-state index in [0.717, 1.165) is 0 Å². The third-order valence-corrected chi connectivity index (χ3v) is 0.363. The Morgan fingerprint density at radius 2 is 1.89 bits per heavy atom. The van der Waals surface area contributed by atoms with Crippen LogP contribution in [0.5, 0.6) is 0 Å². The van der Waals surface area contributed by atoms with Crippen molar-refractivity contribution < 1.29 is 19.7 Å². The van der Waals surface area contributed by atoms with Crippen LogP contribution in [0.15, 0.2) is 0 Å². The largest absolute Gasteiger partial charge is 0.537 e. The number of carbonyl (C=O) groups is 1. The van der Waals surface area contributed by atoms with Gasteiger partial charge in [-0.1, -0.05) is 0 Å². The second-order valence-corrected chi connectivity index (χ2v) is 2.54. The molecular formula is C5H10O4. The molecule has 0 heterocycles. The highest BCUT2D eigenvalue weighted by molar-refractivity contribution is 5.55. The first kappa shape index (κ1) is 8.23. The first-order chi connectivity index (χ1) is 3.92. The summed E-state index contributed by atoms with van der Waals surface area (Å²) in [7, 11) is 0. The molecular weight excluding hydrogens is 124 g/mol. The Morgan fingerprint density at radius 1 is 1.44 bits per heavy atom. The summed E-state index contributed by atoms with van der Waals surface area (Å²) in [5, 5.41) is 7.93. The van der Waals surface area contributed by atoms with E-state index in [-0.39, 0.29) is 0 Å². The van der Waals surface area contributed by atoms with E-state index in [1.165, 1.54) is 0 Å². The molecule has 0 bridgehead atoms. The molecule has 0 rings (SSSR count). The summed E-state index contributed by atoms with van der Waals surface area (Å²) in [5.74, 6) is 0. The number of hydrogen-bond acceptors (Lipinski definition) is 3. The fourth-order valence-corrected chi connectivity index (χ4v) is 0.161. The summed E-state index contributed by atoms with van der Waals surface area (Å²) in [6, 6.07) is 0. The minimum Gasteiger partial charge on any atom is -0.448 e. The van der Waals surface area contributed by atoms with Gasteiger partial charge in [0.1, 0.15) is 5.60 Å². The molecule has 0 aromatic rings. The van der Waals surface area contributed by atoms with Crippen LogP contribution >= 0.6 is 0 Å². The molecule has 9 heavy (non-hydrogen) atoms. The number of rotatable bonds is 1. The molecule has 0 aliphatic heterocycles. The molecule has 1 N–H and O–H groups in total. The molecule has 54 valence electrons. The van der Waals surface area contributed by atoms with Gasteiger partial charge in [-0.25, -0.2) is 4.79 Å². The van der Waals surface area contributed by atoms with Crippen molar-refractivity contribution in [2.75, 3.05) is 0 Å². The van der Waals surface area contributed by atoms with Crippen LogP contribution in [0.3, 0.4) is 0 Å².